The minimum atomic E-state index is -0.429. The van der Waals surface area contributed by atoms with Gasteiger partial charge in [-0.15, -0.1) is 11.3 Å². The first-order valence-corrected chi connectivity index (χ1v) is 9.59. The number of carbonyl (C=O) groups is 2. The summed E-state index contributed by atoms with van der Waals surface area (Å²) in [6, 6.07) is 0. The molecule has 0 bridgehead atoms. The predicted octanol–water partition coefficient (Wildman–Crippen LogP) is 1.30. The smallest absolute Gasteiger partial charge is 0.251 e. The quantitative estimate of drug-likeness (QED) is 0.839. The first kappa shape index (κ1) is 17.4. The first-order valence-electron chi connectivity index (χ1n) is 8.77. The van der Waals surface area contributed by atoms with Crippen molar-refractivity contribution < 1.29 is 9.59 Å². The van der Waals surface area contributed by atoms with Gasteiger partial charge < -0.3 is 16.0 Å². The Bertz CT molecular complexity index is 620. The number of nitrogens with one attached hydrogen (secondary N) is 1. The van der Waals surface area contributed by atoms with E-state index in [4.69, 9.17) is 5.73 Å². The van der Waals surface area contributed by atoms with Gasteiger partial charge in [-0.3, -0.25) is 14.5 Å². The number of nitrogens with two attached hydrogens (primary N) is 1. The van der Waals surface area contributed by atoms with Crippen LogP contribution in [0.25, 0.3) is 0 Å². The van der Waals surface area contributed by atoms with E-state index in [2.05, 4.69) is 22.0 Å². The maximum Gasteiger partial charge on any atom is 0.251 e. The lowest BCUT2D eigenvalue weighted by Crippen LogP contribution is -2.48. The fourth-order valence-electron chi connectivity index (χ4n) is 3.55. The number of primary amides is 1. The van der Waals surface area contributed by atoms with E-state index >= 15 is 0 Å². The zero-order chi connectivity index (χ0) is 17.1. The molecule has 1 aliphatic carbocycles. The van der Waals surface area contributed by atoms with Crippen LogP contribution >= 0.6 is 11.3 Å². The van der Waals surface area contributed by atoms with Crippen LogP contribution < -0.4 is 11.1 Å². The van der Waals surface area contributed by atoms with Gasteiger partial charge in [-0.2, -0.15) is 0 Å². The van der Waals surface area contributed by atoms with Crippen LogP contribution in [0.4, 0.5) is 5.00 Å². The van der Waals surface area contributed by atoms with Gasteiger partial charge in [0, 0.05) is 31.1 Å². The average Bonchev–Trinajstić information content (AvgIpc) is 2.93. The van der Waals surface area contributed by atoms with Crippen molar-refractivity contribution in [3.63, 3.8) is 0 Å². The lowest BCUT2D eigenvalue weighted by atomic mass is 9.95. The molecule has 132 valence electrons. The monoisotopic (exact) mass is 350 g/mol. The largest absolute Gasteiger partial charge is 0.365 e. The van der Waals surface area contributed by atoms with Gasteiger partial charge in [0.15, 0.2) is 0 Å². The van der Waals surface area contributed by atoms with E-state index in [0.717, 1.165) is 64.0 Å². The van der Waals surface area contributed by atoms with E-state index in [1.807, 2.05) is 0 Å². The molecule has 24 heavy (non-hydrogen) atoms. The van der Waals surface area contributed by atoms with Crippen molar-refractivity contribution >= 4 is 28.2 Å². The van der Waals surface area contributed by atoms with Crippen LogP contribution in [-0.4, -0.2) is 60.9 Å². The SMILES string of the molecule is CCN1CCN(CC(=O)Nc2sc3c(c2C(N)=O)CCCC3)CC1. The number of piperazine rings is 1. The summed E-state index contributed by atoms with van der Waals surface area (Å²) in [7, 11) is 0. The lowest BCUT2D eigenvalue weighted by molar-refractivity contribution is -0.117. The lowest BCUT2D eigenvalue weighted by Gasteiger charge is -2.33. The number of carbonyl (C=O) groups excluding carboxylic acids is 2. The Kier molecular flexibility index (Phi) is 5.53. The summed E-state index contributed by atoms with van der Waals surface area (Å²) in [4.78, 5) is 30.0. The third-order valence-electron chi connectivity index (χ3n) is 4.95. The highest BCUT2D eigenvalue weighted by Crippen LogP contribution is 2.37. The van der Waals surface area contributed by atoms with Crippen molar-refractivity contribution in [1.29, 1.82) is 0 Å². The molecule has 0 spiro atoms. The Morgan fingerprint density at radius 3 is 2.46 bits per heavy atom. The first-order chi connectivity index (χ1) is 11.6. The Morgan fingerprint density at radius 2 is 1.79 bits per heavy atom. The molecule has 2 amide bonds. The maximum absolute atomic E-state index is 12.4. The number of hydrogen-bond donors (Lipinski definition) is 2. The summed E-state index contributed by atoms with van der Waals surface area (Å²) in [5.74, 6) is -0.484. The number of nitrogens with zero attached hydrogens (tertiary/aromatic N) is 2. The normalized spacial score (nSPS) is 19.0. The second-order valence-corrected chi connectivity index (χ2v) is 7.64. The minimum absolute atomic E-state index is 0.0546. The number of amides is 2. The van der Waals surface area contributed by atoms with Crippen LogP contribution in [0.5, 0.6) is 0 Å². The van der Waals surface area contributed by atoms with Gasteiger partial charge in [0.2, 0.25) is 5.91 Å². The van der Waals surface area contributed by atoms with Crippen molar-refractivity contribution in [1.82, 2.24) is 9.80 Å². The van der Waals surface area contributed by atoms with Crippen molar-refractivity contribution in [3.05, 3.63) is 16.0 Å². The number of fused-ring (bicyclic) bond motifs is 1. The molecule has 1 fully saturated rings. The molecule has 0 aromatic carbocycles. The number of hydrogen-bond acceptors (Lipinski definition) is 5. The Morgan fingerprint density at radius 1 is 1.12 bits per heavy atom. The summed E-state index contributed by atoms with van der Waals surface area (Å²) in [5, 5.41) is 3.59. The standard InChI is InChI=1S/C17H26N4O2S/c1-2-20-7-9-21(10-8-20)11-14(22)19-17-15(16(18)23)12-5-3-4-6-13(12)24-17/h2-11H2,1H3,(H2,18,23)(H,19,22). The fourth-order valence-corrected chi connectivity index (χ4v) is 4.86. The van der Waals surface area contributed by atoms with Crippen LogP contribution in [0.3, 0.4) is 0 Å². The van der Waals surface area contributed by atoms with Gasteiger partial charge in [0.25, 0.3) is 5.91 Å². The van der Waals surface area contributed by atoms with E-state index in [-0.39, 0.29) is 5.91 Å². The van der Waals surface area contributed by atoms with E-state index in [0.29, 0.717) is 17.1 Å². The van der Waals surface area contributed by atoms with Crippen molar-refractivity contribution in [2.75, 3.05) is 44.6 Å². The van der Waals surface area contributed by atoms with Gasteiger partial charge in [0.05, 0.1) is 12.1 Å². The summed E-state index contributed by atoms with van der Waals surface area (Å²) in [5.41, 5.74) is 7.18. The highest BCUT2D eigenvalue weighted by atomic mass is 32.1. The second-order valence-electron chi connectivity index (χ2n) is 6.54. The Hall–Kier alpha value is -1.44. The molecular formula is C17H26N4O2S. The molecule has 1 aromatic rings. The highest BCUT2D eigenvalue weighted by Gasteiger charge is 2.25. The second kappa shape index (κ2) is 7.63. The van der Waals surface area contributed by atoms with E-state index in [1.54, 1.807) is 0 Å². The van der Waals surface area contributed by atoms with Crippen LogP contribution in [0.1, 0.15) is 40.6 Å². The molecule has 0 unspecified atom stereocenters. The highest BCUT2D eigenvalue weighted by molar-refractivity contribution is 7.17. The zero-order valence-electron chi connectivity index (χ0n) is 14.3. The summed E-state index contributed by atoms with van der Waals surface area (Å²) in [6.45, 7) is 7.41. The topological polar surface area (TPSA) is 78.7 Å². The van der Waals surface area contributed by atoms with Crippen LogP contribution in [-0.2, 0) is 17.6 Å². The molecule has 3 rings (SSSR count). The minimum Gasteiger partial charge on any atom is -0.365 e. The summed E-state index contributed by atoms with van der Waals surface area (Å²) in [6.07, 6.45) is 4.09. The van der Waals surface area contributed by atoms with E-state index in [1.165, 1.54) is 16.2 Å². The van der Waals surface area contributed by atoms with Gasteiger partial charge >= 0.3 is 0 Å². The van der Waals surface area contributed by atoms with Crippen molar-refractivity contribution in [3.8, 4) is 0 Å². The molecule has 0 radical (unpaired) electrons. The summed E-state index contributed by atoms with van der Waals surface area (Å²) >= 11 is 1.53. The van der Waals surface area contributed by atoms with Crippen LogP contribution in [0.15, 0.2) is 0 Å². The Labute approximate surface area is 147 Å². The molecule has 6 nitrogen and oxygen atoms in total. The van der Waals surface area contributed by atoms with E-state index in [9.17, 15) is 9.59 Å². The van der Waals surface area contributed by atoms with Crippen LogP contribution in [0, 0.1) is 0 Å². The van der Waals surface area contributed by atoms with Gasteiger partial charge in [-0.25, -0.2) is 0 Å². The molecule has 7 heteroatoms. The number of rotatable bonds is 5. The maximum atomic E-state index is 12.4. The zero-order valence-corrected chi connectivity index (χ0v) is 15.1. The fraction of sp³-hybridized carbons (Fsp3) is 0.647. The molecule has 2 aliphatic rings. The predicted molar refractivity (Wildman–Crippen MR) is 96.7 cm³/mol. The number of aryl methyl sites for hydroxylation is 1. The molecule has 1 aliphatic heterocycles. The molecule has 0 saturated carbocycles. The number of anilines is 1. The van der Waals surface area contributed by atoms with Gasteiger partial charge in [-0.1, -0.05) is 6.92 Å². The van der Waals surface area contributed by atoms with Crippen molar-refractivity contribution in [2.24, 2.45) is 5.73 Å². The van der Waals surface area contributed by atoms with Crippen LogP contribution in [0.2, 0.25) is 0 Å². The number of likely N-dealkylation sites (N-methyl/N-ethyl adjacent to an activating group) is 1. The van der Waals surface area contributed by atoms with Gasteiger partial charge in [0.1, 0.15) is 5.00 Å². The molecule has 0 atom stereocenters. The third-order valence-corrected chi connectivity index (χ3v) is 6.16. The third kappa shape index (κ3) is 3.79. The molecular weight excluding hydrogens is 324 g/mol. The van der Waals surface area contributed by atoms with Gasteiger partial charge in [-0.05, 0) is 37.8 Å². The molecule has 3 N–H and O–H groups in total. The molecule has 1 aromatic heterocycles. The molecule has 1 saturated heterocycles. The summed E-state index contributed by atoms with van der Waals surface area (Å²) < 4.78 is 0. The van der Waals surface area contributed by atoms with Crippen molar-refractivity contribution in [2.45, 2.75) is 32.6 Å². The average molecular weight is 350 g/mol. The van der Waals surface area contributed by atoms with E-state index < -0.39 is 5.91 Å². The number of thiophene rings is 1. The molecule has 2 heterocycles. The Balaban J connectivity index is 1.64.